The average Bonchev–Trinajstić information content (AvgIpc) is 3.09. The number of aromatic nitrogens is 2. The van der Waals surface area contributed by atoms with E-state index in [0.717, 1.165) is 36.9 Å². The van der Waals surface area contributed by atoms with E-state index < -0.39 is 5.97 Å². The van der Waals surface area contributed by atoms with E-state index in [4.69, 9.17) is 15.2 Å². The Morgan fingerprint density at radius 2 is 1.97 bits per heavy atom. The van der Waals surface area contributed by atoms with Crippen LogP contribution >= 0.6 is 0 Å². The molecule has 29 heavy (non-hydrogen) atoms. The summed E-state index contributed by atoms with van der Waals surface area (Å²) in [5, 5.41) is 0. The summed E-state index contributed by atoms with van der Waals surface area (Å²) in [5.74, 6) is 0.0623. The normalized spacial score (nSPS) is 20.4. The molecule has 1 aliphatic heterocycles. The molecule has 1 fully saturated rings. The second kappa shape index (κ2) is 7.35. The molecule has 4 rings (SSSR count). The van der Waals surface area contributed by atoms with Crippen LogP contribution in [0.25, 0.3) is 0 Å². The van der Waals surface area contributed by atoms with E-state index in [0.29, 0.717) is 24.4 Å². The highest BCUT2D eigenvalue weighted by Crippen LogP contribution is 2.44. The number of carbonyl (C=O) groups excluding carboxylic acids is 2. The third-order valence-corrected chi connectivity index (χ3v) is 5.93. The predicted molar refractivity (Wildman–Crippen MR) is 106 cm³/mol. The van der Waals surface area contributed by atoms with Crippen molar-refractivity contribution in [1.29, 1.82) is 0 Å². The second-order valence-electron chi connectivity index (χ2n) is 7.65. The first-order valence-electron chi connectivity index (χ1n) is 9.64. The fourth-order valence-electron chi connectivity index (χ4n) is 4.52. The Hall–Kier alpha value is -3.16. The van der Waals surface area contributed by atoms with Gasteiger partial charge in [0.15, 0.2) is 0 Å². The maximum absolute atomic E-state index is 13.3. The van der Waals surface area contributed by atoms with Gasteiger partial charge in [0.2, 0.25) is 5.95 Å². The van der Waals surface area contributed by atoms with Gasteiger partial charge in [-0.3, -0.25) is 4.79 Å². The summed E-state index contributed by atoms with van der Waals surface area (Å²) < 4.78 is 10.1. The van der Waals surface area contributed by atoms with Crippen LogP contribution in [-0.2, 0) is 16.6 Å². The van der Waals surface area contributed by atoms with Crippen molar-refractivity contribution in [3.63, 3.8) is 0 Å². The minimum Gasteiger partial charge on any atom is -0.497 e. The quantitative estimate of drug-likeness (QED) is 0.790. The number of nitrogen functional groups attached to an aromatic ring is 1. The van der Waals surface area contributed by atoms with Gasteiger partial charge in [0, 0.05) is 30.3 Å². The number of piperidine rings is 1. The molecule has 0 saturated carbocycles. The molecule has 2 heterocycles. The number of fused-ring (bicyclic) bond motifs is 2. The molecule has 1 aromatic heterocycles. The van der Waals surface area contributed by atoms with E-state index in [1.165, 1.54) is 14.2 Å². The number of hydrogen-bond donors (Lipinski definition) is 1. The summed E-state index contributed by atoms with van der Waals surface area (Å²) in [4.78, 5) is 35.8. The van der Waals surface area contributed by atoms with Crippen LogP contribution in [0.2, 0.25) is 0 Å². The van der Waals surface area contributed by atoms with Gasteiger partial charge in [-0.2, -0.15) is 0 Å². The van der Waals surface area contributed by atoms with Crippen molar-refractivity contribution in [3.05, 3.63) is 46.8 Å². The molecule has 1 atom stereocenters. The fourth-order valence-corrected chi connectivity index (χ4v) is 4.52. The third kappa shape index (κ3) is 3.39. The van der Waals surface area contributed by atoms with Gasteiger partial charge in [-0.05, 0) is 49.4 Å². The smallest absolute Gasteiger partial charge is 0.338 e. The molecular weight excluding hydrogens is 372 g/mol. The van der Waals surface area contributed by atoms with Crippen molar-refractivity contribution < 1.29 is 19.1 Å². The number of likely N-dealkylation sites (tertiary alicyclic amines) is 1. The lowest BCUT2D eigenvalue weighted by molar-refractivity contribution is 0.0600. The summed E-state index contributed by atoms with van der Waals surface area (Å²) in [5.41, 5.74) is 8.43. The number of nitrogens with two attached hydrogens (primary N) is 1. The van der Waals surface area contributed by atoms with Crippen LogP contribution in [0.15, 0.2) is 24.4 Å². The number of aryl methyl sites for hydroxylation is 1. The number of esters is 1. The summed E-state index contributed by atoms with van der Waals surface area (Å²) in [6, 6.07) is 4.77. The SMILES string of the molecule is COC(=O)c1cc(OC)cc(C(=O)N2CCCC3(CCc4cnc(N)nc43)C2)c1. The predicted octanol–water partition coefficient (Wildman–Crippen LogP) is 1.97. The van der Waals surface area contributed by atoms with E-state index in [-0.39, 0.29) is 22.8 Å². The number of carbonyl (C=O) groups is 2. The molecule has 0 bridgehead atoms. The second-order valence-corrected chi connectivity index (χ2v) is 7.65. The van der Waals surface area contributed by atoms with Crippen LogP contribution in [0.3, 0.4) is 0 Å². The lowest BCUT2D eigenvalue weighted by atomic mass is 9.77. The molecule has 1 amide bonds. The minimum atomic E-state index is -0.509. The zero-order valence-electron chi connectivity index (χ0n) is 16.6. The molecule has 152 valence electrons. The maximum atomic E-state index is 13.3. The molecular formula is C21H24N4O4. The van der Waals surface area contributed by atoms with Crippen molar-refractivity contribution in [1.82, 2.24) is 14.9 Å². The summed E-state index contributed by atoms with van der Waals surface area (Å²) >= 11 is 0. The van der Waals surface area contributed by atoms with Crippen molar-refractivity contribution in [2.75, 3.05) is 33.0 Å². The van der Waals surface area contributed by atoms with Crippen molar-refractivity contribution in [3.8, 4) is 5.75 Å². The lowest BCUT2D eigenvalue weighted by Crippen LogP contribution is -2.48. The van der Waals surface area contributed by atoms with Crippen molar-refractivity contribution in [2.45, 2.75) is 31.1 Å². The van der Waals surface area contributed by atoms with E-state index in [1.807, 2.05) is 4.90 Å². The first kappa shape index (κ1) is 19.2. The minimum absolute atomic E-state index is 0.136. The molecule has 1 unspecified atom stereocenters. The number of hydrogen-bond acceptors (Lipinski definition) is 7. The molecule has 1 aromatic carbocycles. The topological polar surface area (TPSA) is 108 Å². The van der Waals surface area contributed by atoms with Crippen molar-refractivity contribution >= 4 is 17.8 Å². The highest BCUT2D eigenvalue weighted by atomic mass is 16.5. The van der Waals surface area contributed by atoms with Gasteiger partial charge in [0.1, 0.15) is 5.75 Å². The van der Waals surface area contributed by atoms with Crippen LogP contribution < -0.4 is 10.5 Å². The first-order valence-corrected chi connectivity index (χ1v) is 9.64. The number of anilines is 1. The fraction of sp³-hybridized carbons (Fsp3) is 0.429. The molecule has 2 aromatic rings. The Morgan fingerprint density at radius 1 is 1.17 bits per heavy atom. The highest BCUT2D eigenvalue weighted by Gasteiger charge is 2.44. The van der Waals surface area contributed by atoms with Gasteiger partial charge < -0.3 is 20.1 Å². The molecule has 0 radical (unpaired) electrons. The summed E-state index contributed by atoms with van der Waals surface area (Å²) in [7, 11) is 2.81. The molecule has 2 aliphatic rings. The Morgan fingerprint density at radius 3 is 2.72 bits per heavy atom. The van der Waals surface area contributed by atoms with Crippen LogP contribution in [-0.4, -0.2) is 54.1 Å². The molecule has 1 saturated heterocycles. The Balaban J connectivity index is 1.64. The number of ether oxygens (including phenoxy) is 2. The zero-order valence-corrected chi connectivity index (χ0v) is 16.6. The van der Waals surface area contributed by atoms with E-state index in [9.17, 15) is 9.59 Å². The Labute approximate surface area is 169 Å². The number of methoxy groups -OCH3 is 2. The van der Waals surface area contributed by atoms with E-state index in [2.05, 4.69) is 9.97 Å². The van der Waals surface area contributed by atoms with Gasteiger partial charge in [-0.1, -0.05) is 0 Å². The number of amides is 1. The molecule has 8 heteroatoms. The van der Waals surface area contributed by atoms with Crippen LogP contribution in [0.4, 0.5) is 5.95 Å². The monoisotopic (exact) mass is 396 g/mol. The third-order valence-electron chi connectivity index (χ3n) is 5.93. The van der Waals surface area contributed by atoms with Gasteiger partial charge in [0.25, 0.3) is 5.91 Å². The molecule has 1 spiro atoms. The van der Waals surface area contributed by atoms with Gasteiger partial charge in [-0.25, -0.2) is 14.8 Å². The van der Waals surface area contributed by atoms with Gasteiger partial charge in [-0.15, -0.1) is 0 Å². The molecule has 1 aliphatic carbocycles. The van der Waals surface area contributed by atoms with Crippen LogP contribution in [0.1, 0.15) is 51.2 Å². The Bertz CT molecular complexity index is 973. The zero-order chi connectivity index (χ0) is 20.6. The summed E-state index contributed by atoms with van der Waals surface area (Å²) in [6.07, 6.45) is 5.46. The van der Waals surface area contributed by atoms with Crippen molar-refractivity contribution in [2.24, 2.45) is 0 Å². The first-order chi connectivity index (χ1) is 14.0. The maximum Gasteiger partial charge on any atom is 0.338 e. The standard InChI is InChI=1S/C21H24N4O4/c1-28-16-9-14(8-15(10-16)19(27)29-2)18(26)25-7-3-5-21(12-25)6-4-13-11-23-20(22)24-17(13)21/h8-11H,3-7,12H2,1-2H3,(H2,22,23,24). The Kier molecular flexibility index (Phi) is 4.86. The molecule has 2 N–H and O–H groups in total. The number of rotatable bonds is 3. The highest BCUT2D eigenvalue weighted by molar-refractivity contribution is 5.98. The number of benzene rings is 1. The van der Waals surface area contributed by atoms with Crippen LogP contribution in [0.5, 0.6) is 5.75 Å². The molecule has 8 nitrogen and oxygen atoms in total. The van der Waals surface area contributed by atoms with Crippen LogP contribution in [0, 0.1) is 0 Å². The average molecular weight is 396 g/mol. The summed E-state index contributed by atoms with van der Waals surface area (Å²) in [6.45, 7) is 1.22. The number of nitrogens with zero attached hydrogens (tertiary/aromatic N) is 3. The van der Waals surface area contributed by atoms with E-state index in [1.54, 1.807) is 24.4 Å². The van der Waals surface area contributed by atoms with Gasteiger partial charge >= 0.3 is 5.97 Å². The van der Waals surface area contributed by atoms with Gasteiger partial charge in [0.05, 0.1) is 25.5 Å². The lowest BCUT2D eigenvalue weighted by Gasteiger charge is -2.40. The largest absolute Gasteiger partial charge is 0.497 e. The van der Waals surface area contributed by atoms with E-state index >= 15 is 0 Å².